The molecule has 0 radical (unpaired) electrons. The molecule has 0 bridgehead atoms. The van der Waals surface area contributed by atoms with Gasteiger partial charge in [0.15, 0.2) is 0 Å². The molecule has 2 N–H and O–H groups in total. The fourth-order valence-electron chi connectivity index (χ4n) is 3.00. The van der Waals surface area contributed by atoms with E-state index in [-0.39, 0.29) is 0 Å². The lowest BCUT2D eigenvalue weighted by molar-refractivity contribution is -0.136. The van der Waals surface area contributed by atoms with Crippen LogP contribution in [0.2, 0.25) is 5.02 Å². The fourth-order valence-corrected chi connectivity index (χ4v) is 3.18. The van der Waals surface area contributed by atoms with E-state index in [9.17, 15) is 9.59 Å². The summed E-state index contributed by atoms with van der Waals surface area (Å²) >= 11 is 5.97. The number of hydrogen-bond acceptors (Lipinski definition) is 4. The third-order valence-electron chi connectivity index (χ3n) is 4.50. The molecule has 0 aliphatic heterocycles. The highest BCUT2D eigenvalue weighted by molar-refractivity contribution is 6.41. The van der Waals surface area contributed by atoms with E-state index in [4.69, 9.17) is 16.3 Å². The maximum absolute atomic E-state index is 12.0. The second kappa shape index (κ2) is 9.28. The van der Waals surface area contributed by atoms with Gasteiger partial charge >= 0.3 is 11.8 Å². The van der Waals surface area contributed by atoms with Gasteiger partial charge in [-0.15, -0.1) is 0 Å². The highest BCUT2D eigenvalue weighted by Crippen LogP contribution is 2.22. The SMILES string of the molecule is COc1ccc(-n2c(C)cc(/C=N\NC(=O)C(=O)Nc3ccccc3Cl)c2C)cc1. The van der Waals surface area contributed by atoms with Crippen molar-refractivity contribution in [1.82, 2.24) is 9.99 Å². The summed E-state index contributed by atoms with van der Waals surface area (Å²) in [5.74, 6) is -0.972. The summed E-state index contributed by atoms with van der Waals surface area (Å²) < 4.78 is 7.26. The molecule has 30 heavy (non-hydrogen) atoms. The minimum atomic E-state index is -0.893. The number of nitrogens with one attached hydrogen (secondary N) is 2. The average Bonchev–Trinajstić information content (AvgIpc) is 3.02. The Morgan fingerprint density at radius 1 is 1.07 bits per heavy atom. The third-order valence-corrected chi connectivity index (χ3v) is 4.83. The topological polar surface area (TPSA) is 84.7 Å². The van der Waals surface area contributed by atoms with Crippen LogP contribution in [-0.2, 0) is 9.59 Å². The van der Waals surface area contributed by atoms with Crippen molar-refractivity contribution in [3.63, 3.8) is 0 Å². The summed E-state index contributed by atoms with van der Waals surface area (Å²) in [5, 5.41) is 6.70. The largest absolute Gasteiger partial charge is 0.497 e. The maximum Gasteiger partial charge on any atom is 0.329 e. The van der Waals surface area contributed by atoms with Crippen molar-refractivity contribution >= 4 is 35.3 Å². The zero-order valence-electron chi connectivity index (χ0n) is 16.8. The number of ether oxygens (including phenoxy) is 1. The molecule has 2 amide bonds. The Labute approximate surface area is 179 Å². The molecular formula is C22H21ClN4O3. The van der Waals surface area contributed by atoms with Gasteiger partial charge in [-0.2, -0.15) is 5.10 Å². The predicted molar refractivity (Wildman–Crippen MR) is 118 cm³/mol. The van der Waals surface area contributed by atoms with E-state index >= 15 is 0 Å². The number of para-hydroxylation sites is 1. The van der Waals surface area contributed by atoms with Crippen LogP contribution in [0.5, 0.6) is 5.75 Å². The van der Waals surface area contributed by atoms with Gasteiger partial charge in [0.2, 0.25) is 0 Å². The summed E-state index contributed by atoms with van der Waals surface area (Å²) in [4.78, 5) is 24.0. The zero-order chi connectivity index (χ0) is 21.7. The Morgan fingerprint density at radius 3 is 2.43 bits per heavy atom. The first-order valence-electron chi connectivity index (χ1n) is 9.13. The van der Waals surface area contributed by atoms with Gasteiger partial charge in [-0.3, -0.25) is 9.59 Å². The molecule has 0 saturated carbocycles. The summed E-state index contributed by atoms with van der Waals surface area (Å²) in [6.45, 7) is 3.93. The molecule has 0 atom stereocenters. The Bertz CT molecular complexity index is 1100. The van der Waals surface area contributed by atoms with Gasteiger partial charge in [-0.25, -0.2) is 5.43 Å². The number of hydrazone groups is 1. The minimum absolute atomic E-state index is 0.341. The summed E-state index contributed by atoms with van der Waals surface area (Å²) in [5.41, 5.74) is 6.32. The second-order valence-electron chi connectivity index (χ2n) is 6.49. The van der Waals surface area contributed by atoms with Crippen LogP contribution in [0.3, 0.4) is 0 Å². The van der Waals surface area contributed by atoms with Crippen LogP contribution >= 0.6 is 11.6 Å². The number of methoxy groups -OCH3 is 1. The van der Waals surface area contributed by atoms with E-state index in [0.717, 1.165) is 28.4 Å². The van der Waals surface area contributed by atoms with Gasteiger partial charge in [-0.1, -0.05) is 23.7 Å². The highest BCUT2D eigenvalue weighted by atomic mass is 35.5. The molecular weight excluding hydrogens is 404 g/mol. The van der Waals surface area contributed by atoms with E-state index in [0.29, 0.717) is 10.7 Å². The van der Waals surface area contributed by atoms with Gasteiger partial charge in [0.25, 0.3) is 0 Å². The molecule has 8 heteroatoms. The molecule has 0 unspecified atom stereocenters. The molecule has 3 aromatic rings. The molecule has 0 aliphatic rings. The van der Waals surface area contributed by atoms with Crippen LogP contribution in [-0.4, -0.2) is 29.7 Å². The van der Waals surface area contributed by atoms with Gasteiger partial charge in [-0.05, 0) is 56.3 Å². The molecule has 0 fully saturated rings. The van der Waals surface area contributed by atoms with Crippen LogP contribution < -0.4 is 15.5 Å². The Kier molecular flexibility index (Phi) is 6.54. The van der Waals surface area contributed by atoms with Gasteiger partial charge in [0, 0.05) is 22.6 Å². The zero-order valence-corrected chi connectivity index (χ0v) is 17.5. The number of carbonyl (C=O) groups excluding carboxylic acids is 2. The lowest BCUT2D eigenvalue weighted by Gasteiger charge is -2.10. The average molecular weight is 425 g/mol. The van der Waals surface area contributed by atoms with Crippen molar-refractivity contribution in [3.05, 3.63) is 76.6 Å². The Hall–Kier alpha value is -3.58. The van der Waals surface area contributed by atoms with Crippen molar-refractivity contribution in [2.24, 2.45) is 5.10 Å². The number of rotatable bonds is 5. The van der Waals surface area contributed by atoms with Crippen LogP contribution in [0, 0.1) is 13.8 Å². The quantitative estimate of drug-likeness (QED) is 0.370. The second-order valence-corrected chi connectivity index (χ2v) is 6.90. The number of carbonyl (C=O) groups is 2. The number of aromatic nitrogens is 1. The first-order chi connectivity index (χ1) is 14.4. The Balaban J connectivity index is 1.68. The number of hydrogen-bond donors (Lipinski definition) is 2. The molecule has 0 spiro atoms. The molecule has 1 heterocycles. The van der Waals surface area contributed by atoms with Gasteiger partial charge in [0.05, 0.1) is 24.0 Å². The van der Waals surface area contributed by atoms with Crippen molar-refractivity contribution in [1.29, 1.82) is 0 Å². The summed E-state index contributed by atoms with van der Waals surface area (Å²) in [6.07, 6.45) is 1.50. The number of anilines is 1. The molecule has 7 nitrogen and oxygen atoms in total. The van der Waals surface area contributed by atoms with Gasteiger partial charge in [0.1, 0.15) is 5.75 Å². The lowest BCUT2D eigenvalue weighted by atomic mass is 10.2. The van der Waals surface area contributed by atoms with E-state index in [2.05, 4.69) is 20.4 Å². The van der Waals surface area contributed by atoms with Crippen LogP contribution in [0.15, 0.2) is 59.7 Å². The molecule has 0 aliphatic carbocycles. The number of benzene rings is 2. The van der Waals surface area contributed by atoms with E-state index in [1.165, 1.54) is 6.21 Å². The van der Waals surface area contributed by atoms with Crippen molar-refractivity contribution in [2.75, 3.05) is 12.4 Å². The van der Waals surface area contributed by atoms with Crippen LogP contribution in [0.25, 0.3) is 5.69 Å². The molecule has 0 saturated heterocycles. The van der Waals surface area contributed by atoms with Crippen LogP contribution in [0.1, 0.15) is 17.0 Å². The molecule has 2 aromatic carbocycles. The minimum Gasteiger partial charge on any atom is -0.497 e. The summed E-state index contributed by atoms with van der Waals surface area (Å²) in [6, 6.07) is 16.3. The lowest BCUT2D eigenvalue weighted by Crippen LogP contribution is -2.32. The smallest absolute Gasteiger partial charge is 0.329 e. The number of aryl methyl sites for hydroxylation is 1. The van der Waals surface area contributed by atoms with Gasteiger partial charge < -0.3 is 14.6 Å². The van der Waals surface area contributed by atoms with E-state index in [1.807, 2.05) is 44.2 Å². The molecule has 1 aromatic heterocycles. The van der Waals surface area contributed by atoms with Crippen molar-refractivity contribution < 1.29 is 14.3 Å². The molecule has 154 valence electrons. The summed E-state index contributed by atoms with van der Waals surface area (Å²) in [7, 11) is 1.62. The monoisotopic (exact) mass is 424 g/mol. The normalized spacial score (nSPS) is 10.8. The third kappa shape index (κ3) is 4.69. The molecule has 3 rings (SSSR count). The van der Waals surface area contributed by atoms with Crippen molar-refractivity contribution in [2.45, 2.75) is 13.8 Å². The van der Waals surface area contributed by atoms with E-state index < -0.39 is 11.8 Å². The maximum atomic E-state index is 12.0. The first kappa shape index (κ1) is 21.1. The fraction of sp³-hybridized carbons (Fsp3) is 0.136. The highest BCUT2D eigenvalue weighted by Gasteiger charge is 2.14. The van der Waals surface area contributed by atoms with Crippen LogP contribution in [0.4, 0.5) is 5.69 Å². The standard InChI is InChI=1S/C22H21ClN4O3/c1-14-12-16(15(2)27(14)17-8-10-18(30-3)11-9-17)13-24-26-22(29)21(28)25-20-7-5-4-6-19(20)23/h4-13H,1-3H3,(H,25,28)(H,26,29)/b24-13-. The number of nitrogens with zero attached hydrogens (tertiary/aromatic N) is 2. The first-order valence-corrected chi connectivity index (χ1v) is 9.50. The predicted octanol–water partition coefficient (Wildman–Crippen LogP) is 3.84. The van der Waals surface area contributed by atoms with Crippen molar-refractivity contribution in [3.8, 4) is 11.4 Å². The number of amides is 2. The Morgan fingerprint density at radius 2 is 1.77 bits per heavy atom. The number of halogens is 1. The van der Waals surface area contributed by atoms with E-state index in [1.54, 1.807) is 31.4 Å².